The molecule has 1 heterocycles. The maximum absolute atomic E-state index is 12.3. The SMILES string of the molecule is CCC(C)C(NC(=O)C(C)NC(=O)C1CCCN1)C(=O)NCC(=O)O. The van der Waals surface area contributed by atoms with Gasteiger partial charge < -0.3 is 26.4 Å². The molecule has 1 saturated heterocycles. The molecule has 0 saturated carbocycles. The molecule has 4 atom stereocenters. The molecule has 0 aromatic carbocycles. The molecule has 0 spiro atoms. The second kappa shape index (κ2) is 9.97. The third kappa shape index (κ3) is 6.69. The van der Waals surface area contributed by atoms with Gasteiger partial charge in [0.1, 0.15) is 18.6 Å². The van der Waals surface area contributed by atoms with Gasteiger partial charge in [-0.05, 0) is 32.2 Å². The fraction of sp³-hybridized carbons (Fsp3) is 0.750. The lowest BCUT2D eigenvalue weighted by Gasteiger charge is -2.25. The van der Waals surface area contributed by atoms with E-state index in [1.165, 1.54) is 0 Å². The highest BCUT2D eigenvalue weighted by atomic mass is 16.4. The first kappa shape index (κ1) is 20.9. The van der Waals surface area contributed by atoms with Crippen LogP contribution in [-0.2, 0) is 19.2 Å². The van der Waals surface area contributed by atoms with Crippen LogP contribution in [0.5, 0.6) is 0 Å². The van der Waals surface area contributed by atoms with Gasteiger partial charge in [0.15, 0.2) is 0 Å². The molecule has 1 aliphatic heterocycles. The Bertz CT molecular complexity index is 505. The number of carbonyl (C=O) groups is 4. The van der Waals surface area contributed by atoms with Crippen LogP contribution in [0.25, 0.3) is 0 Å². The minimum Gasteiger partial charge on any atom is -0.480 e. The molecular formula is C16H28N4O5. The van der Waals surface area contributed by atoms with E-state index in [1.54, 1.807) is 13.8 Å². The summed E-state index contributed by atoms with van der Waals surface area (Å²) in [5.41, 5.74) is 0. The highest BCUT2D eigenvalue weighted by Gasteiger charge is 2.30. The summed E-state index contributed by atoms with van der Waals surface area (Å²) in [5, 5.41) is 19.2. The Kier molecular flexibility index (Phi) is 8.33. The molecule has 1 aliphatic rings. The van der Waals surface area contributed by atoms with E-state index < -0.39 is 36.4 Å². The summed E-state index contributed by atoms with van der Waals surface area (Å²) < 4.78 is 0. The molecule has 9 nitrogen and oxygen atoms in total. The van der Waals surface area contributed by atoms with E-state index in [2.05, 4.69) is 21.3 Å². The van der Waals surface area contributed by atoms with Gasteiger partial charge in [-0.2, -0.15) is 0 Å². The lowest BCUT2D eigenvalue weighted by Crippen LogP contribution is -2.56. The molecule has 142 valence electrons. The molecule has 9 heteroatoms. The quantitative estimate of drug-likeness (QED) is 0.358. The average Bonchev–Trinajstić information content (AvgIpc) is 3.11. The Morgan fingerprint density at radius 3 is 2.36 bits per heavy atom. The summed E-state index contributed by atoms with van der Waals surface area (Å²) in [6.45, 7) is 5.47. The van der Waals surface area contributed by atoms with Gasteiger partial charge in [-0.15, -0.1) is 0 Å². The minimum atomic E-state index is -1.16. The van der Waals surface area contributed by atoms with Gasteiger partial charge in [-0.3, -0.25) is 19.2 Å². The van der Waals surface area contributed by atoms with Gasteiger partial charge in [0, 0.05) is 0 Å². The number of hydrogen-bond donors (Lipinski definition) is 5. The lowest BCUT2D eigenvalue weighted by atomic mass is 9.98. The highest BCUT2D eigenvalue weighted by molar-refractivity contribution is 5.93. The standard InChI is InChI=1S/C16H28N4O5/c1-4-9(2)13(16(25)18-8-12(21)22)20-14(23)10(3)19-15(24)11-6-5-7-17-11/h9-11,13,17H,4-8H2,1-3H3,(H,18,25)(H,19,24)(H,20,23)(H,21,22). The number of hydrogen-bond acceptors (Lipinski definition) is 5. The van der Waals surface area contributed by atoms with Crippen molar-refractivity contribution in [3.8, 4) is 0 Å². The van der Waals surface area contributed by atoms with Crippen LogP contribution in [0.1, 0.15) is 40.0 Å². The first-order valence-corrected chi connectivity index (χ1v) is 8.59. The van der Waals surface area contributed by atoms with Crippen LogP contribution in [0.4, 0.5) is 0 Å². The maximum atomic E-state index is 12.3. The fourth-order valence-electron chi connectivity index (χ4n) is 2.54. The summed E-state index contributed by atoms with van der Waals surface area (Å²) in [6.07, 6.45) is 2.27. The number of aliphatic carboxylic acids is 1. The molecule has 3 amide bonds. The van der Waals surface area contributed by atoms with Gasteiger partial charge in [-0.25, -0.2) is 0 Å². The largest absolute Gasteiger partial charge is 0.480 e. The average molecular weight is 356 g/mol. The zero-order valence-corrected chi connectivity index (χ0v) is 14.9. The van der Waals surface area contributed by atoms with Gasteiger partial charge in [0.25, 0.3) is 0 Å². The van der Waals surface area contributed by atoms with Crippen LogP contribution >= 0.6 is 0 Å². The molecular weight excluding hydrogens is 328 g/mol. The first-order chi connectivity index (χ1) is 11.8. The Hall–Kier alpha value is -2.16. The number of carboxylic acid groups (broad SMARTS) is 1. The third-order valence-electron chi connectivity index (χ3n) is 4.34. The summed E-state index contributed by atoms with van der Waals surface area (Å²) >= 11 is 0. The van der Waals surface area contributed by atoms with Crippen LogP contribution in [0.15, 0.2) is 0 Å². The minimum absolute atomic E-state index is 0.183. The Morgan fingerprint density at radius 2 is 1.84 bits per heavy atom. The number of nitrogens with one attached hydrogen (secondary N) is 4. The van der Waals surface area contributed by atoms with Crippen molar-refractivity contribution in [2.24, 2.45) is 5.92 Å². The Labute approximate surface area is 147 Å². The van der Waals surface area contributed by atoms with Crippen LogP contribution in [0.2, 0.25) is 0 Å². The van der Waals surface area contributed by atoms with Gasteiger partial charge in [0.2, 0.25) is 17.7 Å². The van der Waals surface area contributed by atoms with Crippen molar-refractivity contribution in [3.63, 3.8) is 0 Å². The van der Waals surface area contributed by atoms with E-state index in [0.29, 0.717) is 6.42 Å². The predicted molar refractivity (Wildman–Crippen MR) is 90.7 cm³/mol. The lowest BCUT2D eigenvalue weighted by molar-refractivity contribution is -0.139. The molecule has 4 unspecified atom stereocenters. The monoisotopic (exact) mass is 356 g/mol. The van der Waals surface area contributed by atoms with E-state index in [-0.39, 0.29) is 17.9 Å². The number of carbonyl (C=O) groups excluding carboxylic acids is 3. The summed E-state index contributed by atoms with van der Waals surface area (Å²) in [7, 11) is 0. The smallest absolute Gasteiger partial charge is 0.322 e. The van der Waals surface area contributed by atoms with Crippen molar-refractivity contribution >= 4 is 23.7 Å². The predicted octanol–water partition coefficient (Wildman–Crippen LogP) is -1.03. The van der Waals surface area contributed by atoms with E-state index in [1.807, 2.05) is 6.92 Å². The van der Waals surface area contributed by atoms with E-state index >= 15 is 0 Å². The second-order valence-corrected chi connectivity index (χ2v) is 6.36. The molecule has 0 radical (unpaired) electrons. The van der Waals surface area contributed by atoms with Crippen LogP contribution in [0.3, 0.4) is 0 Å². The number of carboxylic acids is 1. The first-order valence-electron chi connectivity index (χ1n) is 8.59. The van der Waals surface area contributed by atoms with Crippen molar-refractivity contribution in [1.82, 2.24) is 21.3 Å². The molecule has 0 aromatic rings. The van der Waals surface area contributed by atoms with E-state index in [9.17, 15) is 19.2 Å². The number of rotatable bonds is 9. The number of amides is 3. The summed E-state index contributed by atoms with van der Waals surface area (Å²) in [4.78, 5) is 47.1. The third-order valence-corrected chi connectivity index (χ3v) is 4.34. The van der Waals surface area contributed by atoms with Crippen LogP contribution in [-0.4, -0.2) is 60.0 Å². The van der Waals surface area contributed by atoms with Crippen molar-refractivity contribution in [2.75, 3.05) is 13.1 Å². The second-order valence-electron chi connectivity index (χ2n) is 6.36. The summed E-state index contributed by atoms with van der Waals surface area (Å²) in [5.74, 6) is -2.62. The molecule has 5 N–H and O–H groups in total. The van der Waals surface area contributed by atoms with Crippen molar-refractivity contribution in [1.29, 1.82) is 0 Å². The van der Waals surface area contributed by atoms with Crippen molar-refractivity contribution < 1.29 is 24.3 Å². The normalized spacial score (nSPS) is 20.2. The molecule has 0 bridgehead atoms. The fourth-order valence-corrected chi connectivity index (χ4v) is 2.54. The molecule has 0 aliphatic carbocycles. The molecule has 1 rings (SSSR count). The van der Waals surface area contributed by atoms with Crippen molar-refractivity contribution in [2.45, 2.75) is 58.2 Å². The van der Waals surface area contributed by atoms with Crippen molar-refractivity contribution in [3.05, 3.63) is 0 Å². The Morgan fingerprint density at radius 1 is 1.16 bits per heavy atom. The molecule has 1 fully saturated rings. The highest BCUT2D eigenvalue weighted by Crippen LogP contribution is 2.09. The summed E-state index contributed by atoms with van der Waals surface area (Å²) in [6, 6.07) is -1.95. The topological polar surface area (TPSA) is 137 Å². The van der Waals surface area contributed by atoms with Gasteiger partial charge in [-0.1, -0.05) is 20.3 Å². The van der Waals surface area contributed by atoms with Crippen LogP contribution < -0.4 is 21.3 Å². The van der Waals surface area contributed by atoms with Gasteiger partial charge in [0.05, 0.1) is 6.04 Å². The maximum Gasteiger partial charge on any atom is 0.322 e. The molecule has 0 aromatic heterocycles. The zero-order chi connectivity index (χ0) is 19.0. The van der Waals surface area contributed by atoms with Crippen LogP contribution in [0, 0.1) is 5.92 Å². The zero-order valence-electron chi connectivity index (χ0n) is 14.9. The van der Waals surface area contributed by atoms with Gasteiger partial charge >= 0.3 is 5.97 Å². The molecule has 25 heavy (non-hydrogen) atoms. The van der Waals surface area contributed by atoms with E-state index in [4.69, 9.17) is 5.11 Å². The van der Waals surface area contributed by atoms with E-state index in [0.717, 1.165) is 19.4 Å². The Balaban J connectivity index is 2.61.